The molecule has 1 spiro atoms. The molecule has 1 unspecified atom stereocenters. The number of anilines is 1. The maximum Gasteiger partial charge on any atom is 0.323 e. The normalized spacial score (nSPS) is 24.1. The SMILES string of the molecule is CN(C)C(=O)c1ccc(NC(=O)N2CC3(CCC3)C2C2CCOCC2)nc1. The largest absolute Gasteiger partial charge is 0.381 e. The van der Waals surface area contributed by atoms with E-state index in [0.717, 1.165) is 32.6 Å². The van der Waals surface area contributed by atoms with Crippen molar-refractivity contribution in [2.75, 3.05) is 39.2 Å². The number of likely N-dealkylation sites (tertiary alicyclic amines) is 1. The van der Waals surface area contributed by atoms with Crippen LogP contribution in [-0.4, -0.2) is 66.6 Å². The second kappa shape index (κ2) is 7.11. The number of nitrogens with one attached hydrogen (secondary N) is 1. The Morgan fingerprint density at radius 2 is 2.00 bits per heavy atom. The first-order valence-electron chi connectivity index (χ1n) is 9.83. The lowest BCUT2D eigenvalue weighted by Gasteiger charge is -2.64. The number of pyridine rings is 1. The molecule has 146 valence electrons. The summed E-state index contributed by atoms with van der Waals surface area (Å²) < 4.78 is 5.52. The van der Waals surface area contributed by atoms with Gasteiger partial charge in [-0.05, 0) is 43.7 Å². The third-order valence-corrected chi connectivity index (χ3v) is 6.42. The van der Waals surface area contributed by atoms with Gasteiger partial charge in [0.1, 0.15) is 5.82 Å². The number of urea groups is 1. The number of carbonyl (C=O) groups excluding carboxylic acids is 2. The Morgan fingerprint density at radius 3 is 2.56 bits per heavy atom. The van der Waals surface area contributed by atoms with E-state index < -0.39 is 0 Å². The van der Waals surface area contributed by atoms with Gasteiger partial charge >= 0.3 is 6.03 Å². The van der Waals surface area contributed by atoms with Crippen molar-refractivity contribution in [3.63, 3.8) is 0 Å². The van der Waals surface area contributed by atoms with Gasteiger partial charge in [0, 0.05) is 51.5 Å². The lowest BCUT2D eigenvalue weighted by molar-refractivity contribution is -0.135. The number of nitrogens with zero attached hydrogens (tertiary/aromatic N) is 3. The molecule has 27 heavy (non-hydrogen) atoms. The molecule has 1 saturated carbocycles. The van der Waals surface area contributed by atoms with E-state index in [-0.39, 0.29) is 11.9 Å². The predicted octanol–water partition coefficient (Wildman–Crippen LogP) is 2.60. The van der Waals surface area contributed by atoms with E-state index in [0.29, 0.717) is 28.8 Å². The van der Waals surface area contributed by atoms with E-state index in [4.69, 9.17) is 4.74 Å². The third kappa shape index (κ3) is 3.29. The number of ether oxygens (including phenoxy) is 1. The van der Waals surface area contributed by atoms with Crippen molar-refractivity contribution >= 4 is 17.8 Å². The molecule has 1 atom stereocenters. The highest BCUT2D eigenvalue weighted by molar-refractivity contribution is 5.94. The summed E-state index contributed by atoms with van der Waals surface area (Å²) in [5.41, 5.74) is 0.852. The van der Waals surface area contributed by atoms with Crippen LogP contribution in [0.25, 0.3) is 0 Å². The first-order valence-corrected chi connectivity index (χ1v) is 9.83. The van der Waals surface area contributed by atoms with Gasteiger partial charge in [0.25, 0.3) is 5.91 Å². The molecule has 7 nitrogen and oxygen atoms in total. The van der Waals surface area contributed by atoms with Gasteiger partial charge in [-0.3, -0.25) is 10.1 Å². The summed E-state index contributed by atoms with van der Waals surface area (Å²) in [6.45, 7) is 2.45. The van der Waals surface area contributed by atoms with E-state index in [9.17, 15) is 9.59 Å². The van der Waals surface area contributed by atoms with Crippen LogP contribution in [0.15, 0.2) is 18.3 Å². The Labute approximate surface area is 160 Å². The van der Waals surface area contributed by atoms with Crippen LogP contribution in [0.3, 0.4) is 0 Å². The van der Waals surface area contributed by atoms with Gasteiger partial charge in [0.15, 0.2) is 0 Å². The predicted molar refractivity (Wildman–Crippen MR) is 102 cm³/mol. The number of rotatable bonds is 3. The molecule has 2 saturated heterocycles. The van der Waals surface area contributed by atoms with Gasteiger partial charge in [-0.2, -0.15) is 0 Å². The molecule has 3 amide bonds. The van der Waals surface area contributed by atoms with E-state index in [1.807, 2.05) is 4.90 Å². The van der Waals surface area contributed by atoms with Gasteiger partial charge in [0.05, 0.1) is 5.56 Å². The quantitative estimate of drug-likeness (QED) is 0.885. The number of hydrogen-bond donors (Lipinski definition) is 1. The second-order valence-electron chi connectivity index (χ2n) is 8.30. The van der Waals surface area contributed by atoms with Gasteiger partial charge in [-0.1, -0.05) is 6.42 Å². The van der Waals surface area contributed by atoms with Gasteiger partial charge in [-0.15, -0.1) is 0 Å². The van der Waals surface area contributed by atoms with Crippen LogP contribution in [0.4, 0.5) is 10.6 Å². The van der Waals surface area contributed by atoms with Crippen molar-refractivity contribution in [1.82, 2.24) is 14.8 Å². The van der Waals surface area contributed by atoms with E-state index >= 15 is 0 Å². The summed E-state index contributed by atoms with van der Waals surface area (Å²) >= 11 is 0. The fourth-order valence-corrected chi connectivity index (χ4v) is 4.85. The highest BCUT2D eigenvalue weighted by Gasteiger charge is 2.59. The number of amides is 3. The average Bonchev–Trinajstić information content (AvgIpc) is 2.60. The van der Waals surface area contributed by atoms with Crippen molar-refractivity contribution in [2.45, 2.75) is 38.1 Å². The Balaban J connectivity index is 1.42. The van der Waals surface area contributed by atoms with Crippen LogP contribution in [0.2, 0.25) is 0 Å². The van der Waals surface area contributed by atoms with Crippen molar-refractivity contribution < 1.29 is 14.3 Å². The molecule has 1 aliphatic carbocycles. The van der Waals surface area contributed by atoms with Gasteiger partial charge in [-0.25, -0.2) is 9.78 Å². The summed E-state index contributed by atoms with van der Waals surface area (Å²) in [5.74, 6) is 0.914. The van der Waals surface area contributed by atoms with E-state index in [1.165, 1.54) is 30.4 Å². The van der Waals surface area contributed by atoms with Crippen molar-refractivity contribution in [3.05, 3.63) is 23.9 Å². The molecule has 1 aromatic heterocycles. The minimum Gasteiger partial charge on any atom is -0.381 e. The highest BCUT2D eigenvalue weighted by atomic mass is 16.5. The lowest BCUT2D eigenvalue weighted by atomic mass is 9.54. The zero-order chi connectivity index (χ0) is 19.0. The molecule has 3 heterocycles. The van der Waals surface area contributed by atoms with Gasteiger partial charge in [0.2, 0.25) is 0 Å². The van der Waals surface area contributed by atoms with Crippen LogP contribution in [0.1, 0.15) is 42.5 Å². The number of aromatic nitrogens is 1. The summed E-state index contributed by atoms with van der Waals surface area (Å²) in [6, 6.07) is 3.63. The molecular weight excluding hydrogens is 344 g/mol. The Bertz CT molecular complexity index is 708. The zero-order valence-corrected chi connectivity index (χ0v) is 16.1. The lowest BCUT2D eigenvalue weighted by Crippen LogP contribution is -2.72. The zero-order valence-electron chi connectivity index (χ0n) is 16.1. The highest BCUT2D eigenvalue weighted by Crippen LogP contribution is 2.56. The molecule has 4 rings (SSSR count). The molecule has 7 heteroatoms. The molecule has 3 aliphatic rings. The number of carbonyl (C=O) groups is 2. The second-order valence-corrected chi connectivity index (χ2v) is 8.30. The molecule has 0 aromatic carbocycles. The molecule has 1 N–H and O–H groups in total. The average molecular weight is 372 g/mol. The summed E-state index contributed by atoms with van der Waals surface area (Å²) in [5, 5.41) is 2.91. The standard InChI is InChI=1S/C20H28N4O3/c1-23(2)18(25)15-4-5-16(21-12-15)22-19(26)24-13-20(8-3-9-20)17(24)14-6-10-27-11-7-14/h4-5,12,14,17H,3,6-11,13H2,1-2H3,(H,21,22,26). The van der Waals surface area contributed by atoms with Crippen molar-refractivity contribution in [1.29, 1.82) is 0 Å². The third-order valence-electron chi connectivity index (χ3n) is 6.42. The van der Waals surface area contributed by atoms with Crippen LogP contribution in [0.5, 0.6) is 0 Å². The van der Waals surface area contributed by atoms with E-state index in [2.05, 4.69) is 10.3 Å². The van der Waals surface area contributed by atoms with E-state index in [1.54, 1.807) is 26.2 Å². The minimum absolute atomic E-state index is 0.0804. The molecule has 0 radical (unpaired) electrons. The number of hydrogen-bond acceptors (Lipinski definition) is 4. The fraction of sp³-hybridized carbons (Fsp3) is 0.650. The minimum atomic E-state index is -0.102. The first kappa shape index (κ1) is 18.2. The summed E-state index contributed by atoms with van der Waals surface area (Å²) in [7, 11) is 3.41. The summed E-state index contributed by atoms with van der Waals surface area (Å²) in [6.07, 6.45) is 7.33. The smallest absolute Gasteiger partial charge is 0.323 e. The summed E-state index contributed by atoms with van der Waals surface area (Å²) in [4.78, 5) is 32.6. The maximum absolute atomic E-state index is 12.9. The molecule has 0 bridgehead atoms. The van der Waals surface area contributed by atoms with Gasteiger partial charge < -0.3 is 14.5 Å². The molecule has 3 fully saturated rings. The molecule has 2 aliphatic heterocycles. The topological polar surface area (TPSA) is 74.8 Å². The first-order chi connectivity index (χ1) is 13.0. The van der Waals surface area contributed by atoms with Crippen molar-refractivity contribution in [3.8, 4) is 0 Å². The van der Waals surface area contributed by atoms with Crippen LogP contribution in [-0.2, 0) is 4.74 Å². The van der Waals surface area contributed by atoms with Crippen LogP contribution >= 0.6 is 0 Å². The molecular formula is C20H28N4O3. The van der Waals surface area contributed by atoms with Crippen LogP contribution < -0.4 is 5.32 Å². The Morgan fingerprint density at radius 1 is 1.26 bits per heavy atom. The monoisotopic (exact) mass is 372 g/mol. The maximum atomic E-state index is 12.9. The fourth-order valence-electron chi connectivity index (χ4n) is 4.85. The van der Waals surface area contributed by atoms with Crippen molar-refractivity contribution in [2.24, 2.45) is 11.3 Å². The Kier molecular flexibility index (Phi) is 4.80. The Hall–Kier alpha value is -2.15. The van der Waals surface area contributed by atoms with Crippen LogP contribution in [0, 0.1) is 11.3 Å². The molecule has 1 aromatic rings.